The van der Waals surface area contributed by atoms with Gasteiger partial charge < -0.3 is 10.2 Å². The van der Waals surface area contributed by atoms with Gasteiger partial charge in [-0.25, -0.2) is 4.79 Å². The normalized spacial score (nSPS) is 16.4. The standard InChI is InChI=1S/C18H16N4O3/c1-24-15-8-4-13(5-9-15)17-10-16(19-20-17)12-2-6-14(7-3-12)22-11-18(23)25-21-22/h2-9,11,17H,10H2,1H3,(H-,20,21,23)/p+1. The first-order chi connectivity index (χ1) is 12.2. The molecule has 0 saturated carbocycles. The highest BCUT2D eigenvalue weighted by molar-refractivity contribution is 6.01. The number of methoxy groups -OCH3 is 1. The number of benzene rings is 2. The van der Waals surface area contributed by atoms with Crippen molar-refractivity contribution in [2.24, 2.45) is 5.10 Å². The van der Waals surface area contributed by atoms with Crippen LogP contribution in [0, 0.1) is 0 Å². The lowest BCUT2D eigenvalue weighted by molar-refractivity contribution is -0.670. The molecule has 7 heteroatoms. The Labute approximate surface area is 143 Å². The van der Waals surface area contributed by atoms with Crippen molar-refractivity contribution in [3.05, 3.63) is 76.3 Å². The number of aromatic amines is 1. The molecule has 0 radical (unpaired) electrons. The number of rotatable bonds is 4. The highest BCUT2D eigenvalue weighted by Crippen LogP contribution is 2.26. The van der Waals surface area contributed by atoms with Crippen LogP contribution in [0.1, 0.15) is 23.6 Å². The van der Waals surface area contributed by atoms with E-state index in [0.29, 0.717) is 0 Å². The lowest BCUT2D eigenvalue weighted by atomic mass is 9.99. The first kappa shape index (κ1) is 15.2. The van der Waals surface area contributed by atoms with Crippen molar-refractivity contribution in [1.82, 2.24) is 10.7 Å². The van der Waals surface area contributed by atoms with Crippen LogP contribution in [0.5, 0.6) is 5.75 Å². The molecule has 0 saturated heterocycles. The molecule has 0 amide bonds. The molecule has 3 aromatic rings. The molecule has 1 aliphatic rings. The quantitative estimate of drug-likeness (QED) is 0.710. The number of hydrogen-bond acceptors (Lipinski definition) is 5. The van der Waals surface area contributed by atoms with Gasteiger partial charge in [-0.15, -0.1) is 0 Å². The topological polar surface area (TPSA) is 83.5 Å². The summed E-state index contributed by atoms with van der Waals surface area (Å²) in [5.41, 5.74) is 6.79. The molecule has 0 bridgehead atoms. The van der Waals surface area contributed by atoms with Gasteiger partial charge in [0.2, 0.25) is 5.69 Å². The van der Waals surface area contributed by atoms with Crippen LogP contribution in [0.15, 0.2) is 69.1 Å². The second kappa shape index (κ2) is 6.27. The summed E-state index contributed by atoms with van der Waals surface area (Å²) in [4.78, 5) is 11.1. The number of ether oxygens (including phenoxy) is 1. The summed E-state index contributed by atoms with van der Waals surface area (Å²) in [6.07, 6.45) is 2.16. The van der Waals surface area contributed by atoms with Crippen LogP contribution in [0.3, 0.4) is 0 Å². The average Bonchev–Trinajstić information content (AvgIpc) is 3.31. The van der Waals surface area contributed by atoms with Crippen LogP contribution >= 0.6 is 0 Å². The molecule has 0 fully saturated rings. The SMILES string of the molecule is COc1ccc(C2CC(c3ccc(-[n+]4cc(=O)o[nH]4)cc3)=NN2)cc1. The van der Waals surface area contributed by atoms with E-state index in [1.165, 1.54) is 16.4 Å². The van der Waals surface area contributed by atoms with Crippen LogP contribution in [-0.4, -0.2) is 18.1 Å². The largest absolute Gasteiger partial charge is 0.497 e. The number of hydrogen-bond donors (Lipinski definition) is 2. The monoisotopic (exact) mass is 337 g/mol. The van der Waals surface area contributed by atoms with E-state index in [-0.39, 0.29) is 6.04 Å². The van der Waals surface area contributed by atoms with Crippen molar-refractivity contribution in [3.8, 4) is 11.4 Å². The maximum absolute atomic E-state index is 11.1. The van der Waals surface area contributed by atoms with Gasteiger partial charge >= 0.3 is 5.63 Å². The van der Waals surface area contributed by atoms with Gasteiger partial charge in [0.15, 0.2) is 0 Å². The molecule has 1 unspecified atom stereocenters. The minimum absolute atomic E-state index is 0.153. The molecule has 2 N–H and O–H groups in total. The number of aromatic nitrogens is 2. The first-order valence-corrected chi connectivity index (χ1v) is 7.90. The van der Waals surface area contributed by atoms with E-state index in [4.69, 9.17) is 4.74 Å². The van der Waals surface area contributed by atoms with E-state index >= 15 is 0 Å². The van der Waals surface area contributed by atoms with Crippen molar-refractivity contribution in [2.75, 3.05) is 7.11 Å². The summed E-state index contributed by atoms with van der Waals surface area (Å²) >= 11 is 0. The fourth-order valence-electron chi connectivity index (χ4n) is 2.85. The lowest BCUT2D eigenvalue weighted by Crippen LogP contribution is -2.32. The van der Waals surface area contributed by atoms with Crippen LogP contribution in [-0.2, 0) is 0 Å². The molecular formula is C18H17N4O3+. The molecule has 2 aromatic carbocycles. The van der Waals surface area contributed by atoms with E-state index in [9.17, 15) is 4.79 Å². The summed E-state index contributed by atoms with van der Waals surface area (Å²) in [5.74, 6) is 0.841. The highest BCUT2D eigenvalue weighted by atomic mass is 16.5. The van der Waals surface area contributed by atoms with Crippen LogP contribution < -0.4 is 20.5 Å². The molecule has 4 rings (SSSR count). The van der Waals surface area contributed by atoms with Gasteiger partial charge in [-0.3, -0.25) is 4.52 Å². The third-order valence-corrected chi connectivity index (χ3v) is 4.23. The molecule has 7 nitrogen and oxygen atoms in total. The smallest absolute Gasteiger partial charge is 0.427 e. The third kappa shape index (κ3) is 3.03. The summed E-state index contributed by atoms with van der Waals surface area (Å²) in [7, 11) is 1.66. The maximum atomic E-state index is 11.1. The van der Waals surface area contributed by atoms with Crippen LogP contribution in [0.4, 0.5) is 0 Å². The van der Waals surface area contributed by atoms with Gasteiger partial charge in [0.25, 0.3) is 6.20 Å². The van der Waals surface area contributed by atoms with Gasteiger partial charge in [-0.1, -0.05) is 12.1 Å². The minimum atomic E-state index is -0.421. The lowest BCUT2D eigenvalue weighted by Gasteiger charge is -2.10. The minimum Gasteiger partial charge on any atom is -0.497 e. The number of nitrogens with zero attached hydrogens (tertiary/aromatic N) is 2. The predicted molar refractivity (Wildman–Crippen MR) is 90.9 cm³/mol. The van der Waals surface area contributed by atoms with Gasteiger partial charge in [-0.2, -0.15) is 5.10 Å². The zero-order chi connectivity index (χ0) is 17.2. The highest BCUT2D eigenvalue weighted by Gasteiger charge is 2.21. The Balaban J connectivity index is 1.48. The molecular weight excluding hydrogens is 320 g/mol. The Morgan fingerprint density at radius 3 is 2.56 bits per heavy atom. The fraction of sp³-hybridized carbons (Fsp3) is 0.167. The van der Waals surface area contributed by atoms with E-state index in [2.05, 4.69) is 20.3 Å². The Morgan fingerprint density at radius 2 is 1.92 bits per heavy atom. The van der Waals surface area contributed by atoms with Crippen LogP contribution in [0.25, 0.3) is 5.69 Å². The maximum Gasteiger partial charge on any atom is 0.427 e. The predicted octanol–water partition coefficient (Wildman–Crippen LogP) is 1.69. The summed E-state index contributed by atoms with van der Waals surface area (Å²) < 4.78 is 11.4. The molecule has 0 aliphatic carbocycles. The van der Waals surface area contributed by atoms with Crippen molar-refractivity contribution in [2.45, 2.75) is 12.5 Å². The Kier molecular flexibility index (Phi) is 3.81. The fourth-order valence-corrected chi connectivity index (χ4v) is 2.85. The van der Waals surface area contributed by atoms with E-state index in [1.54, 1.807) is 7.11 Å². The molecule has 25 heavy (non-hydrogen) atoms. The zero-order valence-electron chi connectivity index (χ0n) is 13.6. The number of H-pyrrole nitrogens is 1. The van der Waals surface area contributed by atoms with E-state index in [0.717, 1.165) is 29.1 Å². The average molecular weight is 337 g/mol. The van der Waals surface area contributed by atoms with E-state index in [1.807, 2.05) is 48.5 Å². The molecule has 1 aliphatic heterocycles. The third-order valence-electron chi connectivity index (χ3n) is 4.23. The van der Waals surface area contributed by atoms with Crippen molar-refractivity contribution in [1.29, 1.82) is 0 Å². The Hall–Kier alpha value is -3.35. The summed E-state index contributed by atoms with van der Waals surface area (Å²) in [5, 5.41) is 6.99. The van der Waals surface area contributed by atoms with E-state index < -0.39 is 5.63 Å². The number of nitrogens with one attached hydrogen (secondary N) is 2. The van der Waals surface area contributed by atoms with Crippen molar-refractivity contribution in [3.63, 3.8) is 0 Å². The summed E-state index contributed by atoms with van der Waals surface area (Å²) in [6.45, 7) is 0. The first-order valence-electron chi connectivity index (χ1n) is 7.90. The van der Waals surface area contributed by atoms with Crippen molar-refractivity contribution >= 4 is 5.71 Å². The number of hydrazone groups is 1. The second-order valence-electron chi connectivity index (χ2n) is 5.78. The summed E-state index contributed by atoms with van der Waals surface area (Å²) in [6, 6.07) is 15.9. The molecule has 1 atom stereocenters. The molecule has 126 valence electrons. The molecule has 1 aromatic heterocycles. The van der Waals surface area contributed by atoms with Gasteiger partial charge in [-0.05, 0) is 45.3 Å². The van der Waals surface area contributed by atoms with Gasteiger partial charge in [0.1, 0.15) is 5.75 Å². The zero-order valence-corrected chi connectivity index (χ0v) is 13.6. The van der Waals surface area contributed by atoms with Crippen molar-refractivity contribution < 1.29 is 13.9 Å². The molecule has 0 spiro atoms. The van der Waals surface area contributed by atoms with Gasteiger partial charge in [0.05, 0.1) is 18.9 Å². The van der Waals surface area contributed by atoms with Crippen LogP contribution in [0.2, 0.25) is 0 Å². The van der Waals surface area contributed by atoms with Gasteiger partial charge in [0, 0.05) is 18.6 Å². The molecule has 2 heterocycles. The Morgan fingerprint density at radius 1 is 1.16 bits per heavy atom. The Bertz CT molecular complexity index is 955. The second-order valence-corrected chi connectivity index (χ2v) is 5.78.